The Labute approximate surface area is 163 Å². The maximum absolute atomic E-state index is 13.3. The van der Waals surface area contributed by atoms with E-state index in [1.165, 1.54) is 10.4 Å². The van der Waals surface area contributed by atoms with Crippen LogP contribution in [0.5, 0.6) is 0 Å². The predicted octanol–water partition coefficient (Wildman–Crippen LogP) is 5.02. The molecule has 26 heavy (non-hydrogen) atoms. The van der Waals surface area contributed by atoms with Crippen LogP contribution in [0.15, 0.2) is 9.95 Å². The first-order chi connectivity index (χ1) is 12.5. The number of nitriles is 1. The fourth-order valence-electron chi connectivity index (χ4n) is 3.51. The van der Waals surface area contributed by atoms with E-state index in [4.69, 9.17) is 10.2 Å². The smallest absolute Gasteiger partial charge is 0.263 e. The van der Waals surface area contributed by atoms with Gasteiger partial charge in [0.15, 0.2) is 5.16 Å². The lowest BCUT2D eigenvalue weighted by Crippen LogP contribution is -2.26. The molecule has 0 aromatic carbocycles. The molecule has 6 heteroatoms. The Bertz CT molecular complexity index is 876. The van der Waals surface area contributed by atoms with Crippen LogP contribution in [0, 0.1) is 23.2 Å². The first-order valence-corrected chi connectivity index (χ1v) is 11.4. The fourth-order valence-corrected chi connectivity index (χ4v) is 5.94. The molecule has 0 aliphatic heterocycles. The highest BCUT2D eigenvalue weighted by Crippen LogP contribution is 2.36. The molecule has 1 aliphatic rings. The number of nitrogens with zero attached hydrogens (tertiary/aromatic N) is 3. The van der Waals surface area contributed by atoms with Gasteiger partial charge in [0.2, 0.25) is 0 Å². The van der Waals surface area contributed by atoms with E-state index in [2.05, 4.69) is 26.8 Å². The number of aromatic nitrogens is 2. The third kappa shape index (κ3) is 4.15. The van der Waals surface area contributed by atoms with Crippen LogP contribution < -0.4 is 5.56 Å². The predicted molar refractivity (Wildman–Crippen MR) is 110 cm³/mol. The zero-order chi connectivity index (χ0) is 18.7. The Hall–Kier alpha value is -1.32. The van der Waals surface area contributed by atoms with Gasteiger partial charge < -0.3 is 0 Å². The van der Waals surface area contributed by atoms with E-state index in [-0.39, 0.29) is 5.56 Å². The minimum Gasteiger partial charge on any atom is -0.287 e. The minimum atomic E-state index is 0.148. The first kappa shape index (κ1) is 19.4. The molecule has 2 heterocycles. The van der Waals surface area contributed by atoms with Gasteiger partial charge >= 0.3 is 0 Å². The molecule has 140 valence electrons. The maximum atomic E-state index is 13.3. The third-order valence-corrected chi connectivity index (χ3v) is 7.05. The normalized spacial score (nSPS) is 16.8. The van der Waals surface area contributed by atoms with Crippen LogP contribution in [0.1, 0.15) is 56.9 Å². The largest absolute Gasteiger partial charge is 0.287 e. The van der Waals surface area contributed by atoms with Gasteiger partial charge in [-0.2, -0.15) is 5.26 Å². The molecule has 2 aromatic heterocycles. The molecule has 0 N–H and O–H groups in total. The van der Waals surface area contributed by atoms with Gasteiger partial charge in [-0.25, -0.2) is 4.98 Å². The van der Waals surface area contributed by atoms with E-state index in [1.807, 2.05) is 4.57 Å². The van der Waals surface area contributed by atoms with Crippen LogP contribution in [0.2, 0.25) is 0 Å². The number of aryl methyl sites for hydroxylation is 1. The highest BCUT2D eigenvalue weighted by molar-refractivity contribution is 7.99. The molecule has 3 rings (SSSR count). The molecular formula is C20H27N3OS2. The molecule has 0 saturated carbocycles. The highest BCUT2D eigenvalue weighted by atomic mass is 32.2. The Morgan fingerprint density at radius 1 is 1.42 bits per heavy atom. The van der Waals surface area contributed by atoms with Crippen molar-refractivity contribution in [1.82, 2.24) is 9.55 Å². The van der Waals surface area contributed by atoms with Gasteiger partial charge in [-0.1, -0.05) is 32.5 Å². The number of thioether (sulfide) groups is 1. The molecule has 1 aliphatic carbocycles. The van der Waals surface area contributed by atoms with E-state index < -0.39 is 0 Å². The van der Waals surface area contributed by atoms with Gasteiger partial charge in [0.1, 0.15) is 4.83 Å². The minimum absolute atomic E-state index is 0.148. The lowest BCUT2D eigenvalue weighted by Gasteiger charge is -2.18. The van der Waals surface area contributed by atoms with Crippen LogP contribution in [-0.4, -0.2) is 15.3 Å². The molecule has 0 bridgehead atoms. The van der Waals surface area contributed by atoms with Crippen LogP contribution in [0.25, 0.3) is 10.2 Å². The summed E-state index contributed by atoms with van der Waals surface area (Å²) in [6, 6.07) is 2.19. The zero-order valence-corrected chi connectivity index (χ0v) is 17.5. The fraction of sp³-hybridized carbons (Fsp3) is 0.650. The Morgan fingerprint density at radius 2 is 2.23 bits per heavy atom. The van der Waals surface area contributed by atoms with Crippen molar-refractivity contribution in [3.05, 3.63) is 20.8 Å². The van der Waals surface area contributed by atoms with Crippen molar-refractivity contribution in [1.29, 1.82) is 5.26 Å². The van der Waals surface area contributed by atoms with Crippen LogP contribution >= 0.6 is 23.1 Å². The second-order valence-electron chi connectivity index (χ2n) is 7.70. The summed E-state index contributed by atoms with van der Waals surface area (Å²) in [5.41, 5.74) is 1.42. The van der Waals surface area contributed by atoms with Crippen LogP contribution in [-0.2, 0) is 19.4 Å². The van der Waals surface area contributed by atoms with Gasteiger partial charge in [-0.3, -0.25) is 9.36 Å². The number of rotatable bonds is 7. The second kappa shape index (κ2) is 8.58. The highest BCUT2D eigenvalue weighted by Gasteiger charge is 2.24. The monoisotopic (exact) mass is 389 g/mol. The van der Waals surface area contributed by atoms with Crippen LogP contribution in [0.3, 0.4) is 0 Å². The molecule has 0 amide bonds. The molecule has 1 unspecified atom stereocenters. The van der Waals surface area contributed by atoms with E-state index in [1.54, 1.807) is 23.1 Å². The van der Waals surface area contributed by atoms with Gasteiger partial charge in [0.05, 0.1) is 11.5 Å². The van der Waals surface area contributed by atoms with Gasteiger partial charge in [-0.05, 0) is 49.5 Å². The van der Waals surface area contributed by atoms with Crippen molar-refractivity contribution in [3.63, 3.8) is 0 Å². The van der Waals surface area contributed by atoms with E-state index in [9.17, 15) is 4.79 Å². The summed E-state index contributed by atoms with van der Waals surface area (Å²) < 4.78 is 1.90. The first-order valence-electron chi connectivity index (χ1n) is 9.56. The van der Waals surface area contributed by atoms with E-state index in [0.717, 1.165) is 53.2 Å². The van der Waals surface area contributed by atoms with Crippen molar-refractivity contribution in [2.45, 2.75) is 71.0 Å². The van der Waals surface area contributed by atoms with E-state index in [0.29, 0.717) is 24.8 Å². The second-order valence-corrected chi connectivity index (χ2v) is 9.85. The lowest BCUT2D eigenvalue weighted by molar-refractivity contribution is 0.474. The molecule has 1 atom stereocenters. The summed E-state index contributed by atoms with van der Waals surface area (Å²) in [6.07, 6.45) is 5.74. The molecular weight excluding hydrogens is 362 g/mol. The summed E-state index contributed by atoms with van der Waals surface area (Å²) in [6.45, 7) is 7.29. The Kier molecular flexibility index (Phi) is 6.42. The number of fused-ring (bicyclic) bond motifs is 3. The number of hydrogen-bond acceptors (Lipinski definition) is 5. The van der Waals surface area contributed by atoms with Crippen molar-refractivity contribution >= 4 is 33.3 Å². The van der Waals surface area contributed by atoms with Gasteiger partial charge in [0, 0.05) is 23.6 Å². The standard InChI is InChI=1S/C20H27N3OS2/c1-13(2)12-23-19(24)17-15-8-7-14(3)11-16(15)26-18(17)22-20(23)25-10-6-4-5-9-21/h13-14H,4-8,10-12H2,1-3H3. The SMILES string of the molecule is CC(C)Cn1c(SCCCCC#N)nc2sc3c(c2c1=O)CCC(C)C3. The number of unbranched alkanes of at least 4 members (excludes halogenated alkanes) is 2. The average Bonchev–Trinajstić information content (AvgIpc) is 2.94. The molecule has 0 radical (unpaired) electrons. The summed E-state index contributed by atoms with van der Waals surface area (Å²) >= 11 is 3.39. The summed E-state index contributed by atoms with van der Waals surface area (Å²) in [5.74, 6) is 2.00. The molecule has 0 spiro atoms. The van der Waals surface area contributed by atoms with Crippen molar-refractivity contribution in [2.24, 2.45) is 11.8 Å². The van der Waals surface area contributed by atoms with Crippen molar-refractivity contribution in [2.75, 3.05) is 5.75 Å². The topological polar surface area (TPSA) is 58.7 Å². The molecule has 0 saturated heterocycles. The third-order valence-electron chi connectivity index (χ3n) is 4.84. The summed E-state index contributed by atoms with van der Waals surface area (Å²) in [5, 5.41) is 10.4. The summed E-state index contributed by atoms with van der Waals surface area (Å²) in [7, 11) is 0. The number of hydrogen-bond donors (Lipinski definition) is 0. The molecule has 2 aromatic rings. The zero-order valence-electron chi connectivity index (χ0n) is 15.9. The lowest BCUT2D eigenvalue weighted by atomic mass is 9.89. The average molecular weight is 390 g/mol. The van der Waals surface area contributed by atoms with Crippen molar-refractivity contribution in [3.8, 4) is 6.07 Å². The summed E-state index contributed by atoms with van der Waals surface area (Å²) in [4.78, 5) is 20.5. The van der Waals surface area contributed by atoms with Gasteiger partial charge in [-0.15, -0.1) is 11.3 Å². The van der Waals surface area contributed by atoms with Gasteiger partial charge in [0.25, 0.3) is 5.56 Å². The number of thiophene rings is 1. The Morgan fingerprint density at radius 3 is 2.96 bits per heavy atom. The molecule has 4 nitrogen and oxygen atoms in total. The van der Waals surface area contributed by atoms with Crippen molar-refractivity contribution < 1.29 is 0 Å². The van der Waals surface area contributed by atoms with Crippen LogP contribution in [0.4, 0.5) is 0 Å². The molecule has 0 fully saturated rings. The quantitative estimate of drug-likeness (QED) is 0.379. The van der Waals surface area contributed by atoms with E-state index >= 15 is 0 Å². The Balaban J connectivity index is 1.97. The maximum Gasteiger partial charge on any atom is 0.263 e.